The van der Waals surface area contributed by atoms with Crippen LogP contribution in [0.2, 0.25) is 0 Å². The van der Waals surface area contributed by atoms with E-state index in [0.29, 0.717) is 0 Å². The number of nitrogens with one attached hydrogen (secondary N) is 2. The molecule has 5 heteroatoms. The smallest absolute Gasteiger partial charge is 0.190 e. The van der Waals surface area contributed by atoms with Crippen LogP contribution in [0.5, 0.6) is 0 Å². The normalized spacial score (nSPS) is 10.6. The average molecular weight is 376 g/mol. The molecule has 0 aromatic heterocycles. The highest BCUT2D eigenvalue weighted by Crippen LogP contribution is 2.12. The van der Waals surface area contributed by atoms with Gasteiger partial charge < -0.3 is 15.5 Å². The van der Waals surface area contributed by atoms with E-state index in [1.54, 1.807) is 7.05 Å². The van der Waals surface area contributed by atoms with Gasteiger partial charge in [0.2, 0.25) is 0 Å². The van der Waals surface area contributed by atoms with Crippen molar-refractivity contribution in [1.82, 2.24) is 10.6 Å². The summed E-state index contributed by atoms with van der Waals surface area (Å²) in [6.07, 6.45) is 1.09. The van der Waals surface area contributed by atoms with Crippen molar-refractivity contribution in [3.05, 3.63) is 30.3 Å². The zero-order chi connectivity index (χ0) is 13.2. The van der Waals surface area contributed by atoms with Gasteiger partial charge in [-0.05, 0) is 25.5 Å². The molecule has 0 aliphatic rings. The van der Waals surface area contributed by atoms with Gasteiger partial charge in [0.25, 0.3) is 0 Å². The first-order valence-electron chi connectivity index (χ1n) is 6.50. The number of rotatable bonds is 6. The Bertz CT molecular complexity index is 354. The molecule has 108 valence electrons. The fourth-order valence-electron chi connectivity index (χ4n) is 1.86. The van der Waals surface area contributed by atoms with Crippen molar-refractivity contribution in [3.8, 4) is 0 Å². The van der Waals surface area contributed by atoms with E-state index in [1.165, 1.54) is 5.69 Å². The molecule has 0 aliphatic carbocycles. The summed E-state index contributed by atoms with van der Waals surface area (Å²) >= 11 is 0. The third-order valence-electron chi connectivity index (χ3n) is 2.86. The Morgan fingerprint density at radius 2 is 1.95 bits per heavy atom. The van der Waals surface area contributed by atoms with E-state index in [9.17, 15) is 0 Å². The van der Waals surface area contributed by atoms with Crippen molar-refractivity contribution in [1.29, 1.82) is 0 Å². The van der Waals surface area contributed by atoms with Crippen LogP contribution in [0.3, 0.4) is 0 Å². The number of aliphatic imine (C=N–C) groups is 1. The molecule has 0 bridgehead atoms. The fourth-order valence-corrected chi connectivity index (χ4v) is 1.86. The van der Waals surface area contributed by atoms with Crippen molar-refractivity contribution >= 4 is 35.6 Å². The first-order chi connectivity index (χ1) is 8.81. The first-order valence-corrected chi connectivity index (χ1v) is 6.50. The maximum absolute atomic E-state index is 4.08. The van der Waals surface area contributed by atoms with E-state index in [0.717, 1.165) is 32.0 Å². The molecule has 0 unspecified atom stereocenters. The standard InChI is InChI=1S/C14H24N4.HI/c1-4-18(13-9-6-5-7-10-13)12-8-11-17-14(15-2)16-3;/h5-7,9-10H,4,8,11-12H2,1-3H3,(H2,15,16,17);1H. The molecule has 2 N–H and O–H groups in total. The Morgan fingerprint density at radius 1 is 1.26 bits per heavy atom. The van der Waals surface area contributed by atoms with Crippen LogP contribution in [0, 0.1) is 0 Å². The van der Waals surface area contributed by atoms with E-state index < -0.39 is 0 Å². The molecule has 0 atom stereocenters. The number of nitrogens with zero attached hydrogens (tertiary/aromatic N) is 2. The molecule has 1 rings (SSSR count). The Kier molecular flexibility index (Phi) is 10.3. The maximum atomic E-state index is 4.08. The van der Waals surface area contributed by atoms with Crippen molar-refractivity contribution in [3.63, 3.8) is 0 Å². The van der Waals surface area contributed by atoms with Gasteiger partial charge >= 0.3 is 0 Å². The van der Waals surface area contributed by atoms with E-state index in [-0.39, 0.29) is 24.0 Å². The monoisotopic (exact) mass is 376 g/mol. The Hall–Kier alpha value is -0.980. The first kappa shape index (κ1) is 18.0. The predicted octanol–water partition coefficient (Wildman–Crippen LogP) is 2.32. The second-order valence-electron chi connectivity index (χ2n) is 4.02. The van der Waals surface area contributed by atoms with Crippen molar-refractivity contribution < 1.29 is 0 Å². The number of benzene rings is 1. The van der Waals surface area contributed by atoms with E-state index in [1.807, 2.05) is 7.05 Å². The highest BCUT2D eigenvalue weighted by atomic mass is 127. The molecule has 0 saturated carbocycles. The SMILES string of the molecule is CCN(CCCNC(=NC)NC)c1ccccc1.I. The molecule has 0 saturated heterocycles. The van der Waals surface area contributed by atoms with Gasteiger partial charge in [-0.3, -0.25) is 4.99 Å². The highest BCUT2D eigenvalue weighted by Gasteiger charge is 2.02. The fraction of sp³-hybridized carbons (Fsp3) is 0.500. The van der Waals surface area contributed by atoms with E-state index in [4.69, 9.17) is 0 Å². The lowest BCUT2D eigenvalue weighted by atomic mass is 10.2. The van der Waals surface area contributed by atoms with Crippen LogP contribution >= 0.6 is 24.0 Å². The Morgan fingerprint density at radius 3 is 2.47 bits per heavy atom. The largest absolute Gasteiger partial charge is 0.372 e. The molecule has 0 radical (unpaired) electrons. The molecule has 1 aromatic rings. The molecule has 4 nitrogen and oxygen atoms in total. The second-order valence-corrected chi connectivity index (χ2v) is 4.02. The number of hydrogen-bond donors (Lipinski definition) is 2. The van der Waals surface area contributed by atoms with Gasteiger partial charge in [-0.1, -0.05) is 18.2 Å². The molecule has 0 heterocycles. The van der Waals surface area contributed by atoms with Gasteiger partial charge in [-0.25, -0.2) is 0 Å². The van der Waals surface area contributed by atoms with Crippen molar-refractivity contribution in [2.45, 2.75) is 13.3 Å². The van der Waals surface area contributed by atoms with Gasteiger partial charge in [0.1, 0.15) is 0 Å². The zero-order valence-electron chi connectivity index (χ0n) is 12.0. The van der Waals surface area contributed by atoms with Gasteiger partial charge in [-0.2, -0.15) is 0 Å². The number of anilines is 1. The lowest BCUT2D eigenvalue weighted by Gasteiger charge is -2.23. The number of hydrogen-bond acceptors (Lipinski definition) is 2. The van der Waals surface area contributed by atoms with Crippen LogP contribution in [0.4, 0.5) is 5.69 Å². The second kappa shape index (κ2) is 10.9. The minimum atomic E-state index is 0. The van der Waals surface area contributed by atoms with Crippen LogP contribution in [0.15, 0.2) is 35.3 Å². The average Bonchev–Trinajstić information content (AvgIpc) is 2.44. The number of guanidine groups is 1. The summed E-state index contributed by atoms with van der Waals surface area (Å²) in [5.41, 5.74) is 1.29. The Labute approximate surface area is 133 Å². The summed E-state index contributed by atoms with van der Waals surface area (Å²) in [5, 5.41) is 6.27. The van der Waals surface area contributed by atoms with Crippen LogP contribution in [0.25, 0.3) is 0 Å². The summed E-state index contributed by atoms with van der Waals surface area (Å²) in [5.74, 6) is 0.845. The Balaban J connectivity index is 0.00000324. The molecule has 0 amide bonds. The molecule has 1 aromatic carbocycles. The predicted molar refractivity (Wildman–Crippen MR) is 94.8 cm³/mol. The van der Waals surface area contributed by atoms with Crippen molar-refractivity contribution in [2.75, 3.05) is 38.6 Å². The lowest BCUT2D eigenvalue weighted by Crippen LogP contribution is -2.36. The van der Waals surface area contributed by atoms with E-state index in [2.05, 4.69) is 57.8 Å². The highest BCUT2D eigenvalue weighted by molar-refractivity contribution is 14.0. The molecular formula is C14H25IN4. The third kappa shape index (κ3) is 6.66. The van der Waals surface area contributed by atoms with E-state index >= 15 is 0 Å². The van der Waals surface area contributed by atoms with Gasteiger partial charge in [0.15, 0.2) is 5.96 Å². The van der Waals surface area contributed by atoms with Crippen LogP contribution in [0.1, 0.15) is 13.3 Å². The molecule has 0 aliphatic heterocycles. The van der Waals surface area contributed by atoms with Crippen molar-refractivity contribution in [2.24, 2.45) is 4.99 Å². The summed E-state index contributed by atoms with van der Waals surface area (Å²) in [7, 11) is 3.65. The summed E-state index contributed by atoms with van der Waals surface area (Å²) < 4.78 is 0. The minimum absolute atomic E-state index is 0. The van der Waals surface area contributed by atoms with Crippen LogP contribution in [-0.4, -0.2) is 39.7 Å². The van der Waals surface area contributed by atoms with Crippen LogP contribution < -0.4 is 15.5 Å². The minimum Gasteiger partial charge on any atom is -0.372 e. The van der Waals surface area contributed by atoms with Gasteiger partial charge in [0, 0.05) is 39.4 Å². The zero-order valence-corrected chi connectivity index (χ0v) is 14.3. The molecule has 0 fully saturated rings. The number of para-hydroxylation sites is 1. The lowest BCUT2D eigenvalue weighted by molar-refractivity contribution is 0.716. The van der Waals surface area contributed by atoms with Gasteiger partial charge in [-0.15, -0.1) is 24.0 Å². The summed E-state index contributed by atoms with van der Waals surface area (Å²) in [6.45, 7) is 5.20. The molecule has 19 heavy (non-hydrogen) atoms. The van der Waals surface area contributed by atoms with Crippen LogP contribution in [-0.2, 0) is 0 Å². The molecular weight excluding hydrogens is 351 g/mol. The maximum Gasteiger partial charge on any atom is 0.190 e. The summed E-state index contributed by atoms with van der Waals surface area (Å²) in [4.78, 5) is 6.46. The topological polar surface area (TPSA) is 39.7 Å². The quantitative estimate of drug-likeness (QED) is 0.347. The summed E-state index contributed by atoms with van der Waals surface area (Å²) in [6, 6.07) is 10.5. The third-order valence-corrected chi connectivity index (χ3v) is 2.86. The molecule has 0 spiro atoms. The van der Waals surface area contributed by atoms with Gasteiger partial charge in [0.05, 0.1) is 0 Å². The number of halogens is 1.